The average molecular weight is 227 g/mol. The Bertz CT molecular complexity index is 314. The van der Waals surface area contributed by atoms with Crippen LogP contribution in [0.3, 0.4) is 0 Å². The van der Waals surface area contributed by atoms with E-state index in [4.69, 9.17) is 0 Å². The molecule has 15 heavy (non-hydrogen) atoms. The Labute approximate surface area is 94.3 Å². The summed E-state index contributed by atoms with van der Waals surface area (Å²) in [5, 5.41) is 13.5. The summed E-state index contributed by atoms with van der Waals surface area (Å²) in [5.74, 6) is 0.0375. The zero-order valence-electron chi connectivity index (χ0n) is 9.36. The Morgan fingerprint density at radius 1 is 1.60 bits per heavy atom. The fraction of sp³-hybridized carbons (Fsp3) is 0.545. The van der Waals surface area contributed by atoms with Crippen molar-refractivity contribution in [3.63, 3.8) is 0 Å². The molecule has 1 N–H and O–H groups in total. The number of carbonyl (C=O) groups excluding carboxylic acids is 1. The molecule has 0 radical (unpaired) electrons. The largest absolute Gasteiger partial charge is 0.389 e. The average Bonchev–Trinajstić information content (AvgIpc) is 2.53. The van der Waals surface area contributed by atoms with Crippen molar-refractivity contribution in [2.75, 3.05) is 13.6 Å². The molecule has 0 atom stereocenters. The molecule has 1 amide bonds. The Balaban J connectivity index is 2.47. The molecule has 0 fully saturated rings. The van der Waals surface area contributed by atoms with Gasteiger partial charge in [0.25, 0.3) is 0 Å². The van der Waals surface area contributed by atoms with Gasteiger partial charge in [-0.1, -0.05) is 0 Å². The third kappa shape index (κ3) is 4.44. The summed E-state index contributed by atoms with van der Waals surface area (Å²) in [6, 6.07) is 1.94. The van der Waals surface area contributed by atoms with Gasteiger partial charge >= 0.3 is 0 Å². The first-order valence-electron chi connectivity index (χ1n) is 4.86. The number of carbonyl (C=O) groups is 1. The molecular weight excluding hydrogens is 210 g/mol. The highest BCUT2D eigenvalue weighted by molar-refractivity contribution is 7.07. The van der Waals surface area contributed by atoms with Gasteiger partial charge in [-0.25, -0.2) is 0 Å². The third-order valence-electron chi connectivity index (χ3n) is 1.99. The lowest BCUT2D eigenvalue weighted by Gasteiger charge is -2.25. The standard InChI is InChI=1S/C11H17NO2S/c1-11(2,14)8-12(3)10(13)6-9-4-5-15-7-9/h4-5,7,14H,6,8H2,1-3H3. The second-order valence-corrected chi connectivity index (χ2v) is 5.15. The van der Waals surface area contributed by atoms with Gasteiger partial charge in [-0.2, -0.15) is 11.3 Å². The number of hydrogen-bond acceptors (Lipinski definition) is 3. The first-order valence-corrected chi connectivity index (χ1v) is 5.80. The quantitative estimate of drug-likeness (QED) is 0.847. The SMILES string of the molecule is CN(CC(C)(C)O)C(=O)Cc1ccsc1. The van der Waals surface area contributed by atoms with Gasteiger partial charge in [-0.15, -0.1) is 0 Å². The molecule has 4 heteroatoms. The highest BCUT2D eigenvalue weighted by Gasteiger charge is 2.19. The summed E-state index contributed by atoms with van der Waals surface area (Å²) in [6.07, 6.45) is 0.413. The van der Waals surface area contributed by atoms with Gasteiger partial charge in [0.05, 0.1) is 12.0 Å². The Kier molecular flexibility index (Phi) is 3.88. The van der Waals surface area contributed by atoms with Crippen molar-refractivity contribution in [3.8, 4) is 0 Å². The first-order chi connectivity index (χ1) is 6.88. The van der Waals surface area contributed by atoms with Crippen LogP contribution in [0.1, 0.15) is 19.4 Å². The minimum atomic E-state index is -0.834. The van der Waals surface area contributed by atoms with E-state index >= 15 is 0 Å². The van der Waals surface area contributed by atoms with E-state index < -0.39 is 5.60 Å². The van der Waals surface area contributed by atoms with Gasteiger partial charge < -0.3 is 10.0 Å². The number of rotatable bonds is 4. The Morgan fingerprint density at radius 2 is 2.27 bits per heavy atom. The fourth-order valence-corrected chi connectivity index (χ4v) is 2.04. The second kappa shape index (κ2) is 4.77. The van der Waals surface area contributed by atoms with E-state index in [1.54, 1.807) is 37.1 Å². The number of nitrogens with zero attached hydrogens (tertiary/aromatic N) is 1. The minimum Gasteiger partial charge on any atom is -0.389 e. The van der Waals surface area contributed by atoms with Crippen LogP contribution in [0.25, 0.3) is 0 Å². The van der Waals surface area contributed by atoms with Crippen LogP contribution in [0.2, 0.25) is 0 Å². The van der Waals surface area contributed by atoms with E-state index in [9.17, 15) is 9.90 Å². The molecular formula is C11H17NO2S. The van der Waals surface area contributed by atoms with Crippen LogP contribution in [0.5, 0.6) is 0 Å². The number of aliphatic hydroxyl groups is 1. The molecule has 0 saturated carbocycles. The Morgan fingerprint density at radius 3 is 2.73 bits per heavy atom. The summed E-state index contributed by atoms with van der Waals surface area (Å²) in [5.41, 5.74) is 0.201. The van der Waals surface area contributed by atoms with E-state index in [0.717, 1.165) is 5.56 Å². The molecule has 0 aromatic carbocycles. The molecule has 0 saturated heterocycles. The zero-order valence-corrected chi connectivity index (χ0v) is 10.2. The van der Waals surface area contributed by atoms with Crippen LogP contribution in [-0.4, -0.2) is 35.1 Å². The lowest BCUT2D eigenvalue weighted by atomic mass is 10.1. The van der Waals surface area contributed by atoms with Gasteiger partial charge in [0.15, 0.2) is 0 Å². The summed E-state index contributed by atoms with van der Waals surface area (Å²) < 4.78 is 0. The molecule has 1 rings (SSSR count). The summed E-state index contributed by atoms with van der Waals surface area (Å²) >= 11 is 1.59. The number of thiophene rings is 1. The lowest BCUT2D eigenvalue weighted by molar-refractivity contribution is -0.131. The molecule has 1 aromatic heterocycles. The van der Waals surface area contributed by atoms with Crippen molar-refractivity contribution in [1.82, 2.24) is 4.90 Å². The monoisotopic (exact) mass is 227 g/mol. The topological polar surface area (TPSA) is 40.5 Å². The third-order valence-corrected chi connectivity index (χ3v) is 2.72. The highest BCUT2D eigenvalue weighted by atomic mass is 32.1. The molecule has 0 aliphatic carbocycles. The maximum absolute atomic E-state index is 11.7. The van der Waals surface area contributed by atoms with Crippen LogP contribution in [0.4, 0.5) is 0 Å². The van der Waals surface area contributed by atoms with E-state index in [-0.39, 0.29) is 5.91 Å². The number of amides is 1. The second-order valence-electron chi connectivity index (χ2n) is 4.37. The first kappa shape index (κ1) is 12.2. The van der Waals surface area contributed by atoms with E-state index in [1.807, 2.05) is 16.8 Å². The van der Waals surface area contributed by atoms with Crippen LogP contribution >= 0.6 is 11.3 Å². The Hall–Kier alpha value is -0.870. The molecule has 0 aliphatic rings. The smallest absolute Gasteiger partial charge is 0.226 e. The van der Waals surface area contributed by atoms with Crippen LogP contribution < -0.4 is 0 Å². The molecule has 84 valence electrons. The summed E-state index contributed by atoms with van der Waals surface area (Å²) in [6.45, 7) is 3.75. The van der Waals surface area contributed by atoms with Crippen molar-refractivity contribution in [2.45, 2.75) is 25.9 Å². The van der Waals surface area contributed by atoms with E-state index in [2.05, 4.69) is 0 Å². The van der Waals surface area contributed by atoms with Crippen molar-refractivity contribution < 1.29 is 9.90 Å². The molecule has 3 nitrogen and oxygen atoms in total. The predicted octanol–water partition coefficient (Wildman–Crippen LogP) is 1.52. The van der Waals surface area contributed by atoms with Gasteiger partial charge in [0.2, 0.25) is 5.91 Å². The molecule has 0 unspecified atom stereocenters. The highest BCUT2D eigenvalue weighted by Crippen LogP contribution is 2.09. The van der Waals surface area contributed by atoms with Crippen LogP contribution in [0.15, 0.2) is 16.8 Å². The number of hydrogen-bond donors (Lipinski definition) is 1. The van der Waals surface area contributed by atoms with Gasteiger partial charge in [0.1, 0.15) is 0 Å². The normalized spacial score (nSPS) is 11.5. The molecule has 0 bridgehead atoms. The maximum atomic E-state index is 11.7. The summed E-state index contributed by atoms with van der Waals surface area (Å²) in [4.78, 5) is 13.3. The van der Waals surface area contributed by atoms with Gasteiger partial charge in [0, 0.05) is 13.6 Å². The van der Waals surface area contributed by atoms with Gasteiger partial charge in [-0.05, 0) is 36.2 Å². The van der Waals surface area contributed by atoms with Crippen LogP contribution in [0, 0.1) is 0 Å². The van der Waals surface area contributed by atoms with E-state index in [0.29, 0.717) is 13.0 Å². The maximum Gasteiger partial charge on any atom is 0.226 e. The zero-order chi connectivity index (χ0) is 11.5. The van der Waals surface area contributed by atoms with Crippen molar-refractivity contribution in [2.24, 2.45) is 0 Å². The molecule has 1 heterocycles. The van der Waals surface area contributed by atoms with Gasteiger partial charge in [-0.3, -0.25) is 4.79 Å². The predicted molar refractivity (Wildman–Crippen MR) is 62.0 cm³/mol. The fourth-order valence-electron chi connectivity index (χ4n) is 1.37. The van der Waals surface area contributed by atoms with Crippen LogP contribution in [-0.2, 0) is 11.2 Å². The molecule has 0 spiro atoms. The lowest BCUT2D eigenvalue weighted by Crippen LogP contribution is -2.40. The van der Waals surface area contributed by atoms with Crippen molar-refractivity contribution >= 4 is 17.2 Å². The summed E-state index contributed by atoms with van der Waals surface area (Å²) in [7, 11) is 1.71. The van der Waals surface area contributed by atoms with Crippen molar-refractivity contribution in [3.05, 3.63) is 22.4 Å². The minimum absolute atomic E-state index is 0.0375. The molecule has 1 aromatic rings. The van der Waals surface area contributed by atoms with E-state index in [1.165, 1.54) is 0 Å². The number of likely N-dealkylation sites (N-methyl/N-ethyl adjacent to an activating group) is 1. The van der Waals surface area contributed by atoms with Crippen molar-refractivity contribution in [1.29, 1.82) is 0 Å². The molecule has 0 aliphatic heterocycles.